The lowest BCUT2D eigenvalue weighted by Gasteiger charge is -2.22. The topological polar surface area (TPSA) is 347 Å². The highest BCUT2D eigenvalue weighted by molar-refractivity contribution is 5.89. The summed E-state index contributed by atoms with van der Waals surface area (Å²) in [4.78, 5) is 49.0. The zero-order chi connectivity index (χ0) is 55.4. The smallest absolute Gasteiger partial charge is 0.394 e. The van der Waals surface area contributed by atoms with E-state index in [4.69, 9.17) is 22.9 Å². The quantitative estimate of drug-likeness (QED) is 0.0289. The number of nitrogens with zero attached hydrogens (tertiary/aromatic N) is 12. The number of aryl methyl sites for hydroxylation is 1. The molecule has 0 saturated heterocycles. The standard InChI is InChI=1S/C13H19N5O.C12H14F3N5.C12H17N5O.C11H12F3N5/c1-3-4-9(7-19)16-12-11-10(17-13(14)18-12)8(2)5-6-15-11;1-2-4-8(12(13,14)15)19-10-9-7(5-3-6-17-9)18-11(16)20-10;1-2-4-8(7-18)15-11-10-9(5-3-6-14-10)16-12(13)17-11;12-11(13,14)4-2-6-17-9-8-7(3-1-5-16-8)18-10(15)19-9/h5-6,9,19H,3-4,7H2,1-2H3,(H3,14,16,17,18);3,5-6,8H,2,4H2,1H3,(H3,16,18,19,20);3,5-6,8,18H,2,4,7H2,1H3,(H3,13,15,16,17);1,3,5H,2,4,6H2,(H3,15,17,18,19)/t9-;2*8-;/m000./s1. The van der Waals surface area contributed by atoms with Gasteiger partial charge in [-0.05, 0) is 80.6 Å². The Hall–Kier alpha value is -8.14. The molecule has 28 heteroatoms. The van der Waals surface area contributed by atoms with Gasteiger partial charge in [-0.3, -0.25) is 19.9 Å². The predicted molar refractivity (Wildman–Crippen MR) is 283 cm³/mol. The van der Waals surface area contributed by atoms with Crippen LogP contribution in [0.5, 0.6) is 0 Å². The van der Waals surface area contributed by atoms with Crippen LogP contribution in [0.25, 0.3) is 44.1 Å². The molecule has 0 bridgehead atoms. The summed E-state index contributed by atoms with van der Waals surface area (Å²) in [7, 11) is 0. The van der Waals surface area contributed by atoms with Crippen LogP contribution >= 0.6 is 0 Å². The number of anilines is 8. The number of nitrogens with one attached hydrogen (secondary N) is 4. The van der Waals surface area contributed by atoms with Gasteiger partial charge in [0.05, 0.1) is 47.4 Å². The average molecular weight is 1070 g/mol. The van der Waals surface area contributed by atoms with Crippen molar-refractivity contribution in [2.24, 2.45) is 0 Å². The highest BCUT2D eigenvalue weighted by atomic mass is 19.4. The van der Waals surface area contributed by atoms with Crippen molar-refractivity contribution in [3.8, 4) is 0 Å². The van der Waals surface area contributed by atoms with Crippen molar-refractivity contribution in [3.05, 3.63) is 72.8 Å². The van der Waals surface area contributed by atoms with Gasteiger partial charge in [-0.15, -0.1) is 0 Å². The summed E-state index contributed by atoms with van der Waals surface area (Å²) < 4.78 is 74.8. The summed E-state index contributed by atoms with van der Waals surface area (Å²) in [5.74, 6) is 1.88. The number of fused-ring (bicyclic) bond motifs is 4. The first-order valence-corrected chi connectivity index (χ1v) is 24.2. The van der Waals surface area contributed by atoms with Crippen LogP contribution in [0.15, 0.2) is 67.3 Å². The molecule has 408 valence electrons. The molecule has 8 aromatic rings. The lowest BCUT2D eigenvalue weighted by Crippen LogP contribution is -2.36. The molecule has 76 heavy (non-hydrogen) atoms. The Kier molecular flexibility index (Phi) is 21.6. The Morgan fingerprint density at radius 1 is 0.500 bits per heavy atom. The molecule has 0 spiro atoms. The molecule has 14 N–H and O–H groups in total. The second-order valence-corrected chi connectivity index (χ2v) is 17.0. The largest absolute Gasteiger partial charge is 0.408 e. The van der Waals surface area contributed by atoms with Crippen molar-refractivity contribution in [1.82, 2.24) is 59.8 Å². The molecule has 0 aliphatic rings. The molecule has 0 aromatic carbocycles. The number of aliphatic hydroxyl groups excluding tert-OH is 2. The monoisotopic (exact) mass is 1060 g/mol. The third-order valence-electron chi connectivity index (χ3n) is 10.8. The maximum Gasteiger partial charge on any atom is 0.408 e. The average Bonchev–Trinajstić information content (AvgIpc) is 3.37. The van der Waals surface area contributed by atoms with Gasteiger partial charge in [0.25, 0.3) is 0 Å². The maximum atomic E-state index is 12.9. The first kappa shape index (κ1) is 58.7. The molecule has 0 aliphatic heterocycles. The summed E-state index contributed by atoms with van der Waals surface area (Å²) in [6, 6.07) is 10.4. The van der Waals surface area contributed by atoms with Crippen molar-refractivity contribution in [3.63, 3.8) is 0 Å². The lowest BCUT2D eigenvalue weighted by atomic mass is 10.1. The number of nitrogen functional groups attached to an aromatic ring is 4. The van der Waals surface area contributed by atoms with E-state index in [1.807, 2.05) is 19.1 Å². The number of rotatable bonds is 18. The Bertz CT molecular complexity index is 3100. The maximum absolute atomic E-state index is 12.9. The van der Waals surface area contributed by atoms with Gasteiger partial charge in [0.1, 0.15) is 28.1 Å². The third kappa shape index (κ3) is 17.5. The van der Waals surface area contributed by atoms with Gasteiger partial charge < -0.3 is 54.4 Å². The van der Waals surface area contributed by atoms with E-state index < -0.39 is 24.8 Å². The van der Waals surface area contributed by atoms with Crippen LogP contribution in [0.3, 0.4) is 0 Å². The fourth-order valence-electron chi connectivity index (χ4n) is 7.32. The summed E-state index contributed by atoms with van der Waals surface area (Å²) in [5.41, 5.74) is 27.9. The van der Waals surface area contributed by atoms with E-state index in [1.165, 1.54) is 6.20 Å². The van der Waals surface area contributed by atoms with Gasteiger partial charge in [0.2, 0.25) is 23.8 Å². The van der Waals surface area contributed by atoms with Crippen LogP contribution in [0.4, 0.5) is 73.4 Å². The molecule has 0 saturated carbocycles. The van der Waals surface area contributed by atoms with Crippen molar-refractivity contribution < 1.29 is 36.6 Å². The van der Waals surface area contributed by atoms with Crippen molar-refractivity contribution in [1.29, 1.82) is 0 Å². The van der Waals surface area contributed by atoms with Crippen LogP contribution in [0.1, 0.15) is 77.7 Å². The first-order valence-electron chi connectivity index (χ1n) is 24.2. The molecular formula is C48H62F6N20O2. The van der Waals surface area contributed by atoms with E-state index in [1.54, 1.807) is 55.8 Å². The zero-order valence-corrected chi connectivity index (χ0v) is 42.2. The molecule has 8 aromatic heterocycles. The number of halogens is 6. The molecule has 0 amide bonds. The predicted octanol–water partition coefficient (Wildman–Crippen LogP) is 7.78. The molecule has 0 radical (unpaired) electrons. The van der Waals surface area contributed by atoms with E-state index in [0.29, 0.717) is 57.0 Å². The number of pyridine rings is 4. The SMILES string of the molecule is CCC[C@@H](CO)Nc1nc(N)nc2c(C)ccnc12.CCC[C@@H](CO)Nc1nc(N)nc2cccnc12.CCC[C@H](Nc1nc(N)nc2cccnc12)C(F)(F)F.Nc1nc(NCCCC(F)(F)F)c2ncccc2n1. The minimum Gasteiger partial charge on any atom is -0.394 e. The van der Waals surface area contributed by atoms with Crippen LogP contribution in [-0.2, 0) is 0 Å². The number of aromatic nitrogens is 12. The summed E-state index contributed by atoms with van der Waals surface area (Å²) in [6.45, 7) is 8.01. The summed E-state index contributed by atoms with van der Waals surface area (Å²) in [6.07, 6.45) is 1.03. The summed E-state index contributed by atoms with van der Waals surface area (Å²) in [5, 5.41) is 30.2. The van der Waals surface area contributed by atoms with E-state index in [2.05, 4.69) is 94.9 Å². The molecule has 0 aliphatic carbocycles. The molecule has 22 nitrogen and oxygen atoms in total. The fourth-order valence-corrected chi connectivity index (χ4v) is 7.32. The number of nitrogens with two attached hydrogens (primary N) is 4. The highest BCUT2D eigenvalue weighted by Crippen LogP contribution is 2.29. The van der Waals surface area contributed by atoms with Gasteiger partial charge in [-0.1, -0.05) is 40.0 Å². The minimum absolute atomic E-state index is 0.00359. The summed E-state index contributed by atoms with van der Waals surface area (Å²) >= 11 is 0. The van der Waals surface area contributed by atoms with E-state index >= 15 is 0 Å². The minimum atomic E-state index is -4.36. The normalized spacial score (nSPS) is 12.6. The van der Waals surface area contributed by atoms with Crippen molar-refractivity contribution in [2.75, 3.05) is 64.0 Å². The van der Waals surface area contributed by atoms with Gasteiger partial charge in [-0.2, -0.15) is 46.3 Å². The Balaban J connectivity index is 0.000000187. The zero-order valence-electron chi connectivity index (χ0n) is 42.2. The number of hydrogen-bond donors (Lipinski definition) is 10. The van der Waals surface area contributed by atoms with Crippen LogP contribution < -0.4 is 44.2 Å². The fraction of sp³-hybridized carbons (Fsp3) is 0.417. The lowest BCUT2D eigenvalue weighted by molar-refractivity contribution is -0.143. The third-order valence-corrected chi connectivity index (χ3v) is 10.8. The number of aliphatic hydroxyl groups is 2. The molecule has 8 rings (SSSR count). The van der Waals surface area contributed by atoms with Crippen LogP contribution in [0, 0.1) is 6.92 Å². The highest BCUT2D eigenvalue weighted by Gasteiger charge is 2.39. The van der Waals surface area contributed by atoms with E-state index in [0.717, 1.165) is 36.8 Å². The van der Waals surface area contributed by atoms with Crippen LogP contribution in [0.2, 0.25) is 0 Å². The molecule has 0 unspecified atom stereocenters. The Morgan fingerprint density at radius 2 is 0.908 bits per heavy atom. The van der Waals surface area contributed by atoms with Gasteiger partial charge in [0.15, 0.2) is 23.3 Å². The second kappa shape index (κ2) is 28.0. The molecular weight excluding hydrogens is 1000 g/mol. The number of alkyl halides is 6. The van der Waals surface area contributed by atoms with Gasteiger partial charge in [-0.25, -0.2) is 19.9 Å². The second-order valence-electron chi connectivity index (χ2n) is 17.0. The van der Waals surface area contributed by atoms with Crippen molar-refractivity contribution in [2.45, 2.75) is 110 Å². The van der Waals surface area contributed by atoms with E-state index in [-0.39, 0.29) is 79.8 Å². The van der Waals surface area contributed by atoms with Crippen LogP contribution in [-0.4, -0.2) is 120 Å². The van der Waals surface area contributed by atoms with Gasteiger partial charge >= 0.3 is 12.4 Å². The van der Waals surface area contributed by atoms with Gasteiger partial charge in [0, 0.05) is 37.8 Å². The van der Waals surface area contributed by atoms with E-state index in [9.17, 15) is 36.6 Å². The van der Waals surface area contributed by atoms with Crippen molar-refractivity contribution >= 4 is 91.2 Å². The molecule has 3 atom stereocenters. The number of hydrogen-bond acceptors (Lipinski definition) is 22. The molecule has 0 fully saturated rings. The Morgan fingerprint density at radius 3 is 1.34 bits per heavy atom. The first-order chi connectivity index (χ1) is 36.3. The Labute approximate surface area is 432 Å². The molecule has 8 heterocycles.